The normalized spacial score (nSPS) is 18.4. The first kappa shape index (κ1) is 17.2. The Hall–Kier alpha value is -2.12. The molecule has 1 aliphatic rings. The Balaban J connectivity index is 2.57. The molecule has 7 nitrogen and oxygen atoms in total. The van der Waals surface area contributed by atoms with Gasteiger partial charge in [0.05, 0.1) is 32.1 Å². The lowest BCUT2D eigenvalue weighted by molar-refractivity contribution is -0.128. The fraction of sp³-hybridized carbons (Fsp3) is 0.500. The van der Waals surface area contributed by atoms with Crippen LogP contribution in [0, 0.1) is 5.92 Å². The minimum Gasteiger partial charge on any atom is -0.493 e. The molecule has 2 rings (SSSR count). The molecule has 2 unspecified atom stereocenters. The van der Waals surface area contributed by atoms with Crippen molar-refractivity contribution in [3.63, 3.8) is 0 Å². The van der Waals surface area contributed by atoms with Crippen LogP contribution in [0.2, 0.25) is 0 Å². The van der Waals surface area contributed by atoms with E-state index in [1.165, 1.54) is 24.1 Å². The second-order valence-electron chi connectivity index (χ2n) is 5.76. The van der Waals surface area contributed by atoms with Crippen LogP contribution in [0.4, 0.5) is 5.69 Å². The molecule has 126 valence electrons. The van der Waals surface area contributed by atoms with E-state index in [2.05, 4.69) is 0 Å². The van der Waals surface area contributed by atoms with Crippen LogP contribution in [0.1, 0.15) is 24.2 Å². The number of aliphatic hydroxyl groups excluding tert-OH is 2. The molecule has 2 N–H and O–H groups in total. The Bertz CT molecular complexity index is 600. The number of nitrogens with zero attached hydrogens (tertiary/aromatic N) is 1. The number of β-amino-alcohol motifs (C(OH)–C–C–N with tert-alkyl or cyclic N) is 1. The third-order valence-electron chi connectivity index (χ3n) is 3.67. The van der Waals surface area contributed by atoms with Gasteiger partial charge < -0.3 is 24.6 Å². The zero-order valence-electron chi connectivity index (χ0n) is 13.4. The fourth-order valence-corrected chi connectivity index (χ4v) is 2.47. The maximum atomic E-state index is 12.7. The van der Waals surface area contributed by atoms with Gasteiger partial charge in [0, 0.05) is 5.56 Å². The molecule has 0 saturated carbocycles. The maximum Gasteiger partial charge on any atom is 0.268 e. The zero-order valence-corrected chi connectivity index (χ0v) is 13.4. The first-order chi connectivity index (χ1) is 10.9. The minimum absolute atomic E-state index is 0.0968. The van der Waals surface area contributed by atoms with E-state index >= 15 is 0 Å². The Morgan fingerprint density at radius 3 is 2.65 bits per heavy atom. The standard InChI is InChI=1S/C16H21NO6/c1-9(2)14-16(21)17(6-11(20)8-19)12-4-10(7-18)5-13(22-3)15(12)23-14/h4-5,7,9,11,14,19-20H,6,8H2,1-3H3. The van der Waals surface area contributed by atoms with Gasteiger partial charge in [0.25, 0.3) is 5.91 Å². The molecular weight excluding hydrogens is 302 g/mol. The van der Waals surface area contributed by atoms with Crippen molar-refractivity contribution in [3.05, 3.63) is 17.7 Å². The van der Waals surface area contributed by atoms with Crippen LogP contribution in [0.3, 0.4) is 0 Å². The molecule has 1 amide bonds. The molecule has 0 saturated heterocycles. The summed E-state index contributed by atoms with van der Waals surface area (Å²) < 4.78 is 11.1. The number of aldehydes is 1. The van der Waals surface area contributed by atoms with E-state index in [1.54, 1.807) is 0 Å². The lowest BCUT2D eigenvalue weighted by Crippen LogP contribution is -2.51. The van der Waals surface area contributed by atoms with Crippen LogP contribution in [-0.2, 0) is 4.79 Å². The number of aliphatic hydroxyl groups is 2. The number of fused-ring (bicyclic) bond motifs is 1. The second kappa shape index (κ2) is 6.97. The van der Waals surface area contributed by atoms with Crippen molar-refractivity contribution in [2.45, 2.75) is 26.1 Å². The average Bonchev–Trinajstić information content (AvgIpc) is 2.55. The molecule has 1 heterocycles. The molecule has 0 fully saturated rings. The van der Waals surface area contributed by atoms with Crippen LogP contribution in [0.15, 0.2) is 12.1 Å². The number of hydrogen-bond acceptors (Lipinski definition) is 6. The highest BCUT2D eigenvalue weighted by atomic mass is 16.5. The molecule has 23 heavy (non-hydrogen) atoms. The summed E-state index contributed by atoms with van der Waals surface area (Å²) in [5.74, 6) is 0.262. The predicted octanol–water partition coefficient (Wildman–Crippen LogP) is 0.611. The van der Waals surface area contributed by atoms with E-state index < -0.39 is 18.8 Å². The molecule has 1 aliphatic heterocycles. The van der Waals surface area contributed by atoms with E-state index in [0.29, 0.717) is 29.0 Å². The minimum atomic E-state index is -1.09. The van der Waals surface area contributed by atoms with Gasteiger partial charge in [0.1, 0.15) is 6.29 Å². The summed E-state index contributed by atoms with van der Waals surface area (Å²) in [6.45, 7) is 3.12. The Labute approximate surface area is 134 Å². The van der Waals surface area contributed by atoms with Crippen molar-refractivity contribution in [3.8, 4) is 11.5 Å². The first-order valence-corrected chi connectivity index (χ1v) is 7.37. The molecule has 7 heteroatoms. The molecule has 0 radical (unpaired) electrons. The molecule has 1 aromatic carbocycles. The number of methoxy groups -OCH3 is 1. The number of carbonyl (C=O) groups excluding carboxylic acids is 2. The van der Waals surface area contributed by atoms with Crippen molar-refractivity contribution in [1.82, 2.24) is 0 Å². The number of hydrogen-bond donors (Lipinski definition) is 2. The average molecular weight is 323 g/mol. The molecule has 0 aromatic heterocycles. The summed E-state index contributed by atoms with van der Waals surface area (Å²) >= 11 is 0. The topological polar surface area (TPSA) is 96.3 Å². The highest BCUT2D eigenvalue weighted by Crippen LogP contribution is 2.43. The van der Waals surface area contributed by atoms with E-state index in [9.17, 15) is 14.7 Å². The highest BCUT2D eigenvalue weighted by molar-refractivity contribution is 6.02. The van der Waals surface area contributed by atoms with Crippen molar-refractivity contribution in [1.29, 1.82) is 0 Å². The van der Waals surface area contributed by atoms with Gasteiger partial charge in [0.2, 0.25) is 0 Å². The van der Waals surface area contributed by atoms with E-state index in [1.807, 2.05) is 13.8 Å². The quantitative estimate of drug-likeness (QED) is 0.745. The lowest BCUT2D eigenvalue weighted by Gasteiger charge is -2.37. The summed E-state index contributed by atoms with van der Waals surface area (Å²) in [5, 5.41) is 18.8. The highest BCUT2D eigenvalue weighted by Gasteiger charge is 2.38. The van der Waals surface area contributed by atoms with Crippen molar-refractivity contribution < 1.29 is 29.3 Å². The summed E-state index contributed by atoms with van der Waals surface area (Å²) in [6.07, 6.45) is -1.18. The molecule has 1 aromatic rings. The SMILES string of the molecule is COc1cc(C=O)cc2c1OC(C(C)C)C(=O)N2CC(O)CO. The van der Waals surface area contributed by atoms with Gasteiger partial charge >= 0.3 is 0 Å². The Morgan fingerprint density at radius 2 is 2.13 bits per heavy atom. The maximum absolute atomic E-state index is 12.7. The second-order valence-corrected chi connectivity index (χ2v) is 5.76. The van der Waals surface area contributed by atoms with Gasteiger partial charge in [-0.2, -0.15) is 0 Å². The molecule has 2 atom stereocenters. The van der Waals surface area contributed by atoms with Crippen LogP contribution in [-0.4, -0.2) is 54.9 Å². The molecule has 0 spiro atoms. The smallest absolute Gasteiger partial charge is 0.268 e. The van der Waals surface area contributed by atoms with Crippen molar-refractivity contribution in [2.24, 2.45) is 5.92 Å². The van der Waals surface area contributed by atoms with Crippen LogP contribution in [0.5, 0.6) is 11.5 Å². The van der Waals surface area contributed by atoms with Crippen molar-refractivity contribution in [2.75, 3.05) is 25.2 Å². The summed E-state index contributed by atoms with van der Waals surface area (Å²) in [6, 6.07) is 3.03. The molecular formula is C16H21NO6. The van der Waals surface area contributed by atoms with Crippen LogP contribution < -0.4 is 14.4 Å². The summed E-state index contributed by atoms with van der Waals surface area (Å²) in [5.41, 5.74) is 0.671. The third kappa shape index (κ3) is 3.30. The van der Waals surface area contributed by atoms with Crippen LogP contribution >= 0.6 is 0 Å². The van der Waals surface area contributed by atoms with Gasteiger partial charge in [-0.3, -0.25) is 9.59 Å². The Kier molecular flexibility index (Phi) is 5.23. The summed E-state index contributed by atoms with van der Waals surface area (Å²) in [7, 11) is 1.45. The van der Waals surface area contributed by atoms with E-state index in [0.717, 1.165) is 0 Å². The molecule has 0 bridgehead atoms. The third-order valence-corrected chi connectivity index (χ3v) is 3.67. The number of rotatable bonds is 6. The lowest BCUT2D eigenvalue weighted by atomic mass is 10.0. The van der Waals surface area contributed by atoms with Crippen molar-refractivity contribution >= 4 is 17.9 Å². The number of benzene rings is 1. The van der Waals surface area contributed by atoms with Gasteiger partial charge in [-0.1, -0.05) is 13.8 Å². The number of ether oxygens (including phenoxy) is 2. The fourth-order valence-electron chi connectivity index (χ4n) is 2.47. The first-order valence-electron chi connectivity index (χ1n) is 7.37. The zero-order chi connectivity index (χ0) is 17.1. The predicted molar refractivity (Wildman–Crippen MR) is 83.1 cm³/mol. The van der Waals surface area contributed by atoms with Gasteiger partial charge in [-0.05, 0) is 18.1 Å². The summed E-state index contributed by atoms with van der Waals surface area (Å²) in [4.78, 5) is 25.1. The largest absolute Gasteiger partial charge is 0.493 e. The van der Waals surface area contributed by atoms with Gasteiger partial charge in [0.15, 0.2) is 17.6 Å². The monoisotopic (exact) mass is 323 g/mol. The van der Waals surface area contributed by atoms with Gasteiger partial charge in [-0.15, -0.1) is 0 Å². The number of amides is 1. The van der Waals surface area contributed by atoms with E-state index in [4.69, 9.17) is 14.6 Å². The molecule has 0 aliphatic carbocycles. The number of anilines is 1. The number of carbonyl (C=O) groups is 2. The van der Waals surface area contributed by atoms with E-state index in [-0.39, 0.29) is 18.4 Å². The van der Waals surface area contributed by atoms with Gasteiger partial charge in [-0.25, -0.2) is 0 Å². The Morgan fingerprint density at radius 1 is 1.43 bits per heavy atom. The van der Waals surface area contributed by atoms with Crippen LogP contribution in [0.25, 0.3) is 0 Å².